The van der Waals surface area contributed by atoms with Gasteiger partial charge in [-0.1, -0.05) is 11.8 Å². The molecule has 6 heteroatoms. The fourth-order valence-corrected chi connectivity index (χ4v) is 2.00. The first kappa shape index (κ1) is 14.5. The molecule has 0 aromatic heterocycles. The third kappa shape index (κ3) is 2.96. The van der Waals surface area contributed by atoms with E-state index in [1.165, 1.54) is 17.0 Å². The number of likely N-dealkylation sites (tertiary alicyclic amines) is 1. The highest BCUT2D eigenvalue weighted by Crippen LogP contribution is 2.16. The topological polar surface area (TPSA) is 81.0 Å². The average molecular weight is 279 g/mol. The number of amides is 1. The standard InChI is InChI=1S/C14H14FNO4/c15-11-6-10(4-3-9(11)2-1-5-17)14(20)16-7-12(18)13(19)8-16/h3-4,6,12-13,17-19H,5,7-8H2. The van der Waals surface area contributed by atoms with Crippen LogP contribution in [-0.2, 0) is 0 Å². The molecular weight excluding hydrogens is 265 g/mol. The quantitative estimate of drug-likeness (QED) is 0.597. The zero-order valence-electron chi connectivity index (χ0n) is 10.6. The van der Waals surface area contributed by atoms with Crippen LogP contribution in [0, 0.1) is 17.7 Å². The highest BCUT2D eigenvalue weighted by Gasteiger charge is 2.33. The second-order valence-electron chi connectivity index (χ2n) is 4.50. The number of nitrogens with zero attached hydrogens (tertiary/aromatic N) is 1. The normalized spacial score (nSPS) is 21.5. The van der Waals surface area contributed by atoms with Gasteiger partial charge in [0.05, 0.1) is 17.8 Å². The summed E-state index contributed by atoms with van der Waals surface area (Å²) < 4.78 is 13.7. The van der Waals surface area contributed by atoms with Crippen LogP contribution < -0.4 is 0 Å². The minimum Gasteiger partial charge on any atom is -0.388 e. The van der Waals surface area contributed by atoms with Crippen molar-refractivity contribution in [1.29, 1.82) is 0 Å². The van der Waals surface area contributed by atoms with E-state index in [4.69, 9.17) is 5.11 Å². The molecule has 0 aliphatic carbocycles. The summed E-state index contributed by atoms with van der Waals surface area (Å²) in [7, 11) is 0. The van der Waals surface area contributed by atoms with Gasteiger partial charge in [-0.05, 0) is 18.2 Å². The van der Waals surface area contributed by atoms with E-state index >= 15 is 0 Å². The van der Waals surface area contributed by atoms with Crippen LogP contribution in [0.1, 0.15) is 15.9 Å². The Morgan fingerprint density at radius 1 is 1.35 bits per heavy atom. The number of halogens is 1. The number of β-amino-alcohol motifs (C(OH)–C–C–N with tert-alkyl or cyclic N) is 2. The van der Waals surface area contributed by atoms with Crippen LogP contribution in [0.5, 0.6) is 0 Å². The molecule has 2 unspecified atom stereocenters. The SMILES string of the molecule is O=C(c1ccc(C#CCO)c(F)c1)N1CC(O)C(O)C1. The number of hydrogen-bond donors (Lipinski definition) is 3. The molecule has 0 saturated carbocycles. The molecule has 1 heterocycles. The monoisotopic (exact) mass is 279 g/mol. The minimum absolute atomic E-state index is 0.0215. The van der Waals surface area contributed by atoms with Crippen LogP contribution in [0.3, 0.4) is 0 Å². The van der Waals surface area contributed by atoms with E-state index in [2.05, 4.69) is 11.8 Å². The van der Waals surface area contributed by atoms with Crippen molar-refractivity contribution in [3.63, 3.8) is 0 Å². The van der Waals surface area contributed by atoms with Gasteiger partial charge in [0.25, 0.3) is 5.91 Å². The van der Waals surface area contributed by atoms with Crippen LogP contribution in [-0.4, -0.2) is 58.0 Å². The van der Waals surface area contributed by atoms with Crippen molar-refractivity contribution in [3.05, 3.63) is 35.1 Å². The van der Waals surface area contributed by atoms with E-state index < -0.39 is 23.9 Å². The molecule has 2 atom stereocenters. The van der Waals surface area contributed by atoms with Crippen LogP contribution in [0.4, 0.5) is 4.39 Å². The van der Waals surface area contributed by atoms with Crippen molar-refractivity contribution >= 4 is 5.91 Å². The lowest BCUT2D eigenvalue weighted by molar-refractivity contribution is 0.0572. The van der Waals surface area contributed by atoms with Crippen molar-refractivity contribution in [2.75, 3.05) is 19.7 Å². The number of carbonyl (C=O) groups is 1. The van der Waals surface area contributed by atoms with Gasteiger partial charge in [0.1, 0.15) is 12.4 Å². The molecule has 1 aromatic carbocycles. The van der Waals surface area contributed by atoms with Crippen molar-refractivity contribution in [2.45, 2.75) is 12.2 Å². The lowest BCUT2D eigenvalue weighted by Gasteiger charge is -2.15. The van der Waals surface area contributed by atoms with Crippen molar-refractivity contribution < 1.29 is 24.5 Å². The summed E-state index contributed by atoms with van der Waals surface area (Å²) in [6.45, 7) is -0.328. The number of aliphatic hydroxyl groups excluding tert-OH is 3. The Bertz CT molecular complexity index is 568. The first-order valence-electron chi connectivity index (χ1n) is 6.07. The summed E-state index contributed by atoms with van der Waals surface area (Å²) in [6.07, 6.45) is -1.95. The van der Waals surface area contributed by atoms with Gasteiger partial charge in [0, 0.05) is 18.7 Å². The molecular formula is C14H14FNO4. The molecule has 1 aliphatic rings. The lowest BCUT2D eigenvalue weighted by atomic mass is 10.1. The first-order valence-corrected chi connectivity index (χ1v) is 6.07. The highest BCUT2D eigenvalue weighted by molar-refractivity contribution is 5.94. The summed E-state index contributed by atoms with van der Waals surface area (Å²) >= 11 is 0. The van der Waals surface area contributed by atoms with Gasteiger partial charge in [0.2, 0.25) is 0 Å². The summed E-state index contributed by atoms with van der Waals surface area (Å²) in [5.41, 5.74) is 0.218. The predicted molar refractivity (Wildman–Crippen MR) is 68.3 cm³/mol. The Morgan fingerprint density at radius 3 is 2.55 bits per heavy atom. The Balaban J connectivity index is 2.17. The minimum atomic E-state index is -0.974. The molecule has 20 heavy (non-hydrogen) atoms. The summed E-state index contributed by atoms with van der Waals surface area (Å²) in [6, 6.07) is 3.83. The fourth-order valence-electron chi connectivity index (χ4n) is 2.00. The molecule has 1 aliphatic heterocycles. The van der Waals surface area contributed by atoms with Gasteiger partial charge in [-0.25, -0.2) is 4.39 Å². The summed E-state index contributed by atoms with van der Waals surface area (Å²) in [5, 5.41) is 27.3. The molecule has 0 radical (unpaired) electrons. The molecule has 3 N–H and O–H groups in total. The Morgan fingerprint density at radius 2 is 2.00 bits per heavy atom. The zero-order valence-corrected chi connectivity index (χ0v) is 10.6. The molecule has 0 spiro atoms. The number of aliphatic hydroxyl groups is 3. The van der Waals surface area contributed by atoms with Gasteiger partial charge in [0.15, 0.2) is 0 Å². The maximum Gasteiger partial charge on any atom is 0.254 e. The third-order valence-electron chi connectivity index (χ3n) is 3.06. The van der Waals surface area contributed by atoms with Crippen LogP contribution in [0.15, 0.2) is 18.2 Å². The Labute approximate surface area is 115 Å². The van der Waals surface area contributed by atoms with E-state index in [-0.39, 0.29) is 30.8 Å². The number of rotatable bonds is 1. The lowest BCUT2D eigenvalue weighted by Crippen LogP contribution is -2.29. The molecule has 5 nitrogen and oxygen atoms in total. The van der Waals surface area contributed by atoms with E-state index in [1.54, 1.807) is 0 Å². The van der Waals surface area contributed by atoms with Crippen molar-refractivity contribution in [2.24, 2.45) is 0 Å². The molecule has 1 fully saturated rings. The van der Waals surface area contributed by atoms with E-state index in [9.17, 15) is 19.4 Å². The second-order valence-corrected chi connectivity index (χ2v) is 4.50. The number of benzene rings is 1. The van der Waals surface area contributed by atoms with Crippen LogP contribution >= 0.6 is 0 Å². The molecule has 2 rings (SSSR count). The largest absolute Gasteiger partial charge is 0.388 e. The van der Waals surface area contributed by atoms with Gasteiger partial charge in [-0.2, -0.15) is 0 Å². The van der Waals surface area contributed by atoms with Gasteiger partial charge < -0.3 is 20.2 Å². The smallest absolute Gasteiger partial charge is 0.254 e. The molecule has 106 valence electrons. The fraction of sp³-hybridized carbons (Fsp3) is 0.357. The van der Waals surface area contributed by atoms with Gasteiger partial charge >= 0.3 is 0 Å². The summed E-state index contributed by atoms with van der Waals surface area (Å²) in [5.74, 6) is 3.64. The van der Waals surface area contributed by atoms with Crippen molar-refractivity contribution in [3.8, 4) is 11.8 Å². The Kier molecular flexibility index (Phi) is 4.35. The average Bonchev–Trinajstić information content (AvgIpc) is 2.76. The summed E-state index contributed by atoms with van der Waals surface area (Å²) in [4.78, 5) is 13.3. The van der Waals surface area contributed by atoms with E-state index in [1.807, 2.05) is 0 Å². The van der Waals surface area contributed by atoms with Crippen molar-refractivity contribution in [1.82, 2.24) is 4.90 Å². The maximum atomic E-state index is 13.7. The molecule has 1 saturated heterocycles. The van der Waals surface area contributed by atoms with E-state index in [0.717, 1.165) is 6.07 Å². The first-order chi connectivity index (χ1) is 9.52. The maximum absolute atomic E-state index is 13.7. The molecule has 0 bridgehead atoms. The highest BCUT2D eigenvalue weighted by atomic mass is 19.1. The second kappa shape index (κ2) is 6.01. The number of carbonyl (C=O) groups excluding carboxylic acids is 1. The van der Waals surface area contributed by atoms with Crippen LogP contribution in [0.2, 0.25) is 0 Å². The van der Waals surface area contributed by atoms with E-state index in [0.29, 0.717) is 0 Å². The van der Waals surface area contributed by atoms with Gasteiger partial charge in [-0.15, -0.1) is 0 Å². The predicted octanol–water partition coefficient (Wildman–Crippen LogP) is -0.653. The molecule has 1 aromatic rings. The van der Waals surface area contributed by atoms with Crippen LogP contribution in [0.25, 0.3) is 0 Å². The number of hydrogen-bond acceptors (Lipinski definition) is 4. The Hall–Kier alpha value is -1.94. The molecule has 1 amide bonds. The third-order valence-corrected chi connectivity index (χ3v) is 3.06. The zero-order chi connectivity index (χ0) is 14.7. The van der Waals surface area contributed by atoms with Gasteiger partial charge in [-0.3, -0.25) is 4.79 Å².